The van der Waals surface area contributed by atoms with Gasteiger partial charge >= 0.3 is 0 Å². The third-order valence-corrected chi connectivity index (χ3v) is 7.62. The molecule has 1 amide bonds. The minimum Gasteiger partial charge on any atom is -0.397 e. The molecule has 0 spiro atoms. The minimum atomic E-state index is -0.0301. The maximum Gasteiger partial charge on any atom is 0.263 e. The number of nitrogens with two attached hydrogens (primary N) is 1. The van der Waals surface area contributed by atoms with Crippen LogP contribution >= 0.6 is 11.3 Å². The van der Waals surface area contributed by atoms with Crippen molar-refractivity contribution < 1.29 is 4.79 Å². The summed E-state index contributed by atoms with van der Waals surface area (Å²) >= 11 is 1.44. The summed E-state index contributed by atoms with van der Waals surface area (Å²) < 4.78 is 0. The molecular formula is C24H27N3OS. The van der Waals surface area contributed by atoms with E-state index in [-0.39, 0.29) is 11.9 Å². The predicted octanol–water partition coefficient (Wildman–Crippen LogP) is 5.21. The van der Waals surface area contributed by atoms with Crippen molar-refractivity contribution in [2.45, 2.75) is 63.3 Å². The van der Waals surface area contributed by atoms with Crippen molar-refractivity contribution in [1.82, 2.24) is 10.3 Å². The Balaban J connectivity index is 1.42. The quantitative estimate of drug-likeness (QED) is 0.628. The summed E-state index contributed by atoms with van der Waals surface area (Å²) in [6.07, 6.45) is 8.90. The van der Waals surface area contributed by atoms with E-state index in [9.17, 15) is 4.79 Å². The van der Waals surface area contributed by atoms with E-state index in [0.717, 1.165) is 42.3 Å². The normalized spacial score (nSPS) is 19.8. The van der Waals surface area contributed by atoms with Crippen LogP contribution < -0.4 is 11.1 Å². The summed E-state index contributed by atoms with van der Waals surface area (Å²) in [6.45, 7) is 0. The number of nitrogens with one attached hydrogen (secondary N) is 1. The molecule has 2 aliphatic rings. The molecule has 2 aliphatic carbocycles. The maximum atomic E-state index is 12.9. The smallest absolute Gasteiger partial charge is 0.263 e. The maximum absolute atomic E-state index is 12.9. The molecule has 3 N–H and O–H groups in total. The Morgan fingerprint density at radius 1 is 1.10 bits per heavy atom. The van der Waals surface area contributed by atoms with Crippen LogP contribution in [-0.4, -0.2) is 16.9 Å². The van der Waals surface area contributed by atoms with Gasteiger partial charge < -0.3 is 11.1 Å². The SMILES string of the molecule is Nc1c(C(=O)NC2CCCCC2)sc2nc3c(cc12)CC(c1ccccc1)CC3. The van der Waals surface area contributed by atoms with E-state index in [2.05, 4.69) is 41.7 Å². The van der Waals surface area contributed by atoms with Crippen molar-refractivity contribution in [3.63, 3.8) is 0 Å². The lowest BCUT2D eigenvalue weighted by Crippen LogP contribution is -2.36. The Morgan fingerprint density at radius 2 is 1.90 bits per heavy atom. The third-order valence-electron chi connectivity index (χ3n) is 6.50. The van der Waals surface area contributed by atoms with Gasteiger partial charge in [-0.05, 0) is 55.2 Å². The Bertz CT molecular complexity index is 1040. The average Bonchev–Trinajstić information content (AvgIpc) is 3.09. The second-order valence-corrected chi connectivity index (χ2v) is 9.45. The highest BCUT2D eigenvalue weighted by atomic mass is 32.1. The van der Waals surface area contributed by atoms with Gasteiger partial charge in [0.15, 0.2) is 0 Å². The number of benzene rings is 1. The van der Waals surface area contributed by atoms with Gasteiger partial charge in [0.2, 0.25) is 0 Å². The number of fused-ring (bicyclic) bond motifs is 2. The summed E-state index contributed by atoms with van der Waals surface area (Å²) in [5.74, 6) is 0.495. The van der Waals surface area contributed by atoms with Crippen molar-refractivity contribution in [3.8, 4) is 0 Å². The Hall–Kier alpha value is -2.40. The molecule has 5 heteroatoms. The number of thiophene rings is 1. The van der Waals surface area contributed by atoms with E-state index >= 15 is 0 Å². The van der Waals surface area contributed by atoms with Gasteiger partial charge in [-0.15, -0.1) is 11.3 Å². The van der Waals surface area contributed by atoms with Crippen LogP contribution in [0.2, 0.25) is 0 Å². The number of hydrogen-bond donors (Lipinski definition) is 2. The highest BCUT2D eigenvalue weighted by Crippen LogP contribution is 2.38. The molecule has 1 aromatic carbocycles. The zero-order valence-corrected chi connectivity index (χ0v) is 17.4. The number of amides is 1. The van der Waals surface area contributed by atoms with Crippen LogP contribution in [0.25, 0.3) is 10.2 Å². The number of anilines is 1. The molecule has 0 aliphatic heterocycles. The van der Waals surface area contributed by atoms with Gasteiger partial charge in [-0.2, -0.15) is 0 Å². The lowest BCUT2D eigenvalue weighted by Gasteiger charge is -2.24. The topological polar surface area (TPSA) is 68.0 Å². The zero-order chi connectivity index (χ0) is 19.8. The lowest BCUT2D eigenvalue weighted by atomic mass is 9.82. The first-order valence-electron chi connectivity index (χ1n) is 10.8. The Kier molecular flexibility index (Phi) is 5.00. The number of nitrogens with zero attached hydrogens (tertiary/aromatic N) is 1. The summed E-state index contributed by atoms with van der Waals surface area (Å²) in [5.41, 5.74) is 10.9. The van der Waals surface area contributed by atoms with Gasteiger partial charge in [-0.1, -0.05) is 49.6 Å². The molecule has 2 heterocycles. The number of nitrogen functional groups attached to an aromatic ring is 1. The number of hydrogen-bond acceptors (Lipinski definition) is 4. The largest absolute Gasteiger partial charge is 0.397 e. The van der Waals surface area contributed by atoms with Crippen LogP contribution in [0.1, 0.15) is 70.9 Å². The molecule has 0 radical (unpaired) electrons. The van der Waals surface area contributed by atoms with Crippen molar-refractivity contribution in [3.05, 3.63) is 58.1 Å². The molecule has 150 valence electrons. The van der Waals surface area contributed by atoms with E-state index in [0.29, 0.717) is 16.5 Å². The summed E-state index contributed by atoms with van der Waals surface area (Å²) in [4.78, 5) is 19.3. The molecule has 1 fully saturated rings. The van der Waals surface area contributed by atoms with Crippen molar-refractivity contribution in [2.24, 2.45) is 0 Å². The van der Waals surface area contributed by atoms with Gasteiger partial charge in [-0.3, -0.25) is 4.79 Å². The van der Waals surface area contributed by atoms with Crippen molar-refractivity contribution in [2.75, 3.05) is 5.73 Å². The van der Waals surface area contributed by atoms with Gasteiger partial charge in [0.05, 0.1) is 5.69 Å². The number of pyridine rings is 1. The second-order valence-electron chi connectivity index (χ2n) is 8.45. The van der Waals surface area contributed by atoms with Crippen LogP contribution in [0.4, 0.5) is 5.69 Å². The highest BCUT2D eigenvalue weighted by Gasteiger charge is 2.25. The van der Waals surface area contributed by atoms with Gasteiger partial charge in [0.25, 0.3) is 5.91 Å². The predicted molar refractivity (Wildman–Crippen MR) is 120 cm³/mol. The summed E-state index contributed by atoms with van der Waals surface area (Å²) in [5, 5.41) is 4.14. The van der Waals surface area contributed by atoms with E-state index in [1.807, 2.05) is 0 Å². The molecule has 2 aromatic heterocycles. The summed E-state index contributed by atoms with van der Waals surface area (Å²) in [6, 6.07) is 13.2. The number of carbonyl (C=O) groups excluding carboxylic acids is 1. The van der Waals surface area contributed by atoms with Crippen LogP contribution in [0.15, 0.2) is 36.4 Å². The number of rotatable bonds is 3. The Labute approximate surface area is 175 Å². The van der Waals surface area contributed by atoms with Crippen LogP contribution in [-0.2, 0) is 12.8 Å². The van der Waals surface area contributed by atoms with Crippen LogP contribution in [0.5, 0.6) is 0 Å². The molecule has 1 unspecified atom stereocenters. The van der Waals surface area contributed by atoms with Gasteiger partial charge in [-0.25, -0.2) is 4.98 Å². The fourth-order valence-corrected chi connectivity index (χ4v) is 5.87. The van der Waals surface area contributed by atoms with E-state index < -0.39 is 0 Å². The molecule has 5 rings (SSSR count). The molecular weight excluding hydrogens is 378 g/mol. The second kappa shape index (κ2) is 7.79. The standard InChI is InChI=1S/C24H27N3OS/c25-21-19-14-17-13-16(15-7-3-1-4-8-15)11-12-20(17)27-24(19)29-22(21)23(28)26-18-9-5-2-6-10-18/h1,3-4,7-8,14,16,18H,2,5-6,9-13,25H2,(H,26,28). The third kappa shape index (κ3) is 3.64. The molecule has 1 saturated carbocycles. The fourth-order valence-electron chi connectivity index (χ4n) is 4.87. The first-order valence-corrected chi connectivity index (χ1v) is 11.6. The first-order chi connectivity index (χ1) is 14.2. The van der Waals surface area contributed by atoms with Crippen LogP contribution in [0.3, 0.4) is 0 Å². The van der Waals surface area contributed by atoms with E-state index in [4.69, 9.17) is 10.7 Å². The molecule has 3 aromatic rings. The molecule has 29 heavy (non-hydrogen) atoms. The monoisotopic (exact) mass is 405 g/mol. The fraction of sp³-hybridized carbons (Fsp3) is 0.417. The highest BCUT2D eigenvalue weighted by molar-refractivity contribution is 7.21. The lowest BCUT2D eigenvalue weighted by molar-refractivity contribution is 0.0932. The average molecular weight is 406 g/mol. The van der Waals surface area contributed by atoms with E-state index in [1.54, 1.807) is 0 Å². The van der Waals surface area contributed by atoms with Crippen LogP contribution in [0, 0.1) is 0 Å². The molecule has 1 atom stereocenters. The van der Waals surface area contributed by atoms with Gasteiger partial charge in [0, 0.05) is 17.1 Å². The molecule has 0 saturated heterocycles. The molecule has 0 bridgehead atoms. The number of aromatic nitrogens is 1. The van der Waals surface area contributed by atoms with Crippen molar-refractivity contribution in [1.29, 1.82) is 0 Å². The first kappa shape index (κ1) is 18.6. The zero-order valence-electron chi connectivity index (χ0n) is 16.6. The number of aryl methyl sites for hydroxylation is 1. The van der Waals surface area contributed by atoms with Gasteiger partial charge in [0.1, 0.15) is 9.71 Å². The molecule has 4 nitrogen and oxygen atoms in total. The number of carbonyl (C=O) groups is 1. The minimum absolute atomic E-state index is 0.0301. The van der Waals surface area contributed by atoms with E-state index in [1.165, 1.54) is 47.4 Å². The summed E-state index contributed by atoms with van der Waals surface area (Å²) in [7, 11) is 0. The Morgan fingerprint density at radius 3 is 2.69 bits per heavy atom. The van der Waals surface area contributed by atoms with Crippen molar-refractivity contribution >= 4 is 33.1 Å².